The monoisotopic (exact) mass is 329 g/mol. The number of carbonyl (C=O) groups is 1. The minimum absolute atomic E-state index is 0.172. The number of carbonyl (C=O) groups excluding carboxylic acids is 1. The average Bonchev–Trinajstić information content (AvgIpc) is 2.60. The highest BCUT2D eigenvalue weighted by atomic mass is 19.1. The molecule has 0 unspecified atom stereocenters. The molecule has 1 aliphatic rings. The van der Waals surface area contributed by atoms with Gasteiger partial charge in [0.2, 0.25) is 0 Å². The fourth-order valence-corrected chi connectivity index (χ4v) is 3.56. The highest BCUT2D eigenvalue weighted by molar-refractivity contribution is 6.04. The maximum absolute atomic E-state index is 13.8. The molecule has 2 aromatic rings. The van der Waals surface area contributed by atoms with Gasteiger partial charge in [0, 0.05) is 24.5 Å². The molecule has 128 valence electrons. The van der Waals surface area contributed by atoms with Gasteiger partial charge in [-0.25, -0.2) is 4.39 Å². The maximum Gasteiger partial charge on any atom is 0.253 e. The maximum atomic E-state index is 13.8. The van der Waals surface area contributed by atoms with Crippen molar-refractivity contribution in [2.45, 2.75) is 57.9 Å². The van der Waals surface area contributed by atoms with E-state index in [-0.39, 0.29) is 17.5 Å². The molecule has 1 saturated carbocycles. The van der Waals surface area contributed by atoms with Crippen molar-refractivity contribution in [3.8, 4) is 0 Å². The van der Waals surface area contributed by atoms with Gasteiger partial charge in [0.05, 0.1) is 11.1 Å². The van der Waals surface area contributed by atoms with Crippen LogP contribution in [0.4, 0.5) is 4.39 Å². The van der Waals surface area contributed by atoms with E-state index < -0.39 is 5.82 Å². The van der Waals surface area contributed by atoms with Crippen molar-refractivity contribution >= 4 is 16.9 Å². The number of hydrogen-bond acceptors (Lipinski definition) is 3. The molecule has 0 aliphatic heterocycles. The Labute approximate surface area is 141 Å². The predicted octanol–water partition coefficient (Wildman–Crippen LogP) is 4.25. The third kappa shape index (κ3) is 3.89. The molecule has 1 aromatic heterocycles. The van der Waals surface area contributed by atoms with Crippen molar-refractivity contribution in [1.82, 2.24) is 15.3 Å². The Morgan fingerprint density at radius 3 is 2.71 bits per heavy atom. The van der Waals surface area contributed by atoms with E-state index in [1.165, 1.54) is 43.8 Å². The first kappa shape index (κ1) is 16.8. The molecule has 24 heavy (non-hydrogen) atoms. The zero-order valence-corrected chi connectivity index (χ0v) is 14.1. The molecular formula is C19H24FN3O. The molecule has 0 atom stereocenters. The first-order valence-corrected chi connectivity index (χ1v) is 8.88. The van der Waals surface area contributed by atoms with Crippen molar-refractivity contribution in [2.24, 2.45) is 5.92 Å². The third-order valence-electron chi connectivity index (χ3n) is 4.93. The van der Waals surface area contributed by atoms with Crippen molar-refractivity contribution < 1.29 is 9.18 Å². The fourth-order valence-electron chi connectivity index (χ4n) is 3.56. The van der Waals surface area contributed by atoms with E-state index in [9.17, 15) is 9.18 Å². The smallest absolute Gasteiger partial charge is 0.253 e. The first-order chi connectivity index (χ1) is 11.7. The van der Waals surface area contributed by atoms with Gasteiger partial charge in [-0.15, -0.1) is 0 Å². The van der Waals surface area contributed by atoms with Crippen LogP contribution < -0.4 is 5.32 Å². The second-order valence-electron chi connectivity index (χ2n) is 6.71. The molecule has 3 rings (SSSR count). The Balaban J connectivity index is 1.66. The quantitative estimate of drug-likeness (QED) is 0.892. The summed E-state index contributed by atoms with van der Waals surface area (Å²) in [6, 6.07) is 2.72. The lowest BCUT2D eigenvalue weighted by Gasteiger charge is -2.29. The fraction of sp³-hybridized carbons (Fsp3) is 0.526. The summed E-state index contributed by atoms with van der Waals surface area (Å²) in [5.41, 5.74) is 1.13. The van der Waals surface area contributed by atoms with Crippen LogP contribution in [0.25, 0.3) is 11.0 Å². The molecule has 0 spiro atoms. The number of fused-ring (bicyclic) bond motifs is 1. The average molecular weight is 329 g/mol. The van der Waals surface area contributed by atoms with Crippen LogP contribution in [0, 0.1) is 11.7 Å². The molecule has 5 heteroatoms. The van der Waals surface area contributed by atoms with Crippen LogP contribution in [-0.4, -0.2) is 21.9 Å². The van der Waals surface area contributed by atoms with Crippen LogP contribution in [0.15, 0.2) is 24.5 Å². The summed E-state index contributed by atoms with van der Waals surface area (Å²) in [5.74, 6) is 0.0763. The molecule has 1 aliphatic carbocycles. The van der Waals surface area contributed by atoms with Gasteiger partial charge in [0.15, 0.2) is 0 Å². The van der Waals surface area contributed by atoms with E-state index in [0.717, 1.165) is 31.6 Å². The molecule has 0 saturated heterocycles. The lowest BCUT2D eigenvalue weighted by Crippen LogP contribution is -2.37. The SMILES string of the molecule is CCCCC1CCC(NC(=O)c2cc(F)cc3nccnc23)CC1. The second-order valence-corrected chi connectivity index (χ2v) is 6.71. The summed E-state index contributed by atoms with van der Waals surface area (Å²) >= 11 is 0. The molecule has 1 amide bonds. The van der Waals surface area contributed by atoms with Gasteiger partial charge in [-0.1, -0.05) is 26.2 Å². The van der Waals surface area contributed by atoms with Crippen LogP contribution in [0.3, 0.4) is 0 Å². The number of amides is 1. The van der Waals surface area contributed by atoms with Gasteiger partial charge in [0.1, 0.15) is 11.3 Å². The molecule has 1 aromatic carbocycles. The molecule has 0 radical (unpaired) electrons. The van der Waals surface area contributed by atoms with E-state index in [1.807, 2.05) is 0 Å². The first-order valence-electron chi connectivity index (χ1n) is 8.88. The number of hydrogen-bond donors (Lipinski definition) is 1. The number of nitrogens with one attached hydrogen (secondary N) is 1. The summed E-state index contributed by atoms with van der Waals surface area (Å²) in [5, 5.41) is 3.06. The van der Waals surface area contributed by atoms with E-state index >= 15 is 0 Å². The van der Waals surface area contributed by atoms with Crippen LogP contribution >= 0.6 is 0 Å². The number of benzene rings is 1. The summed E-state index contributed by atoms with van der Waals surface area (Å²) in [7, 11) is 0. The molecule has 1 heterocycles. The standard InChI is InChI=1S/C19H24FN3O/c1-2-3-4-13-5-7-15(8-6-13)23-19(24)16-11-14(20)12-17-18(16)22-10-9-21-17/h9-13,15H,2-8H2,1H3,(H,23,24). The number of nitrogens with zero attached hydrogens (tertiary/aromatic N) is 2. The molecule has 1 N–H and O–H groups in total. The van der Waals surface area contributed by atoms with Crippen LogP contribution in [-0.2, 0) is 0 Å². The van der Waals surface area contributed by atoms with Crippen LogP contribution in [0.1, 0.15) is 62.2 Å². The highest BCUT2D eigenvalue weighted by Gasteiger charge is 2.23. The highest BCUT2D eigenvalue weighted by Crippen LogP contribution is 2.28. The molecule has 4 nitrogen and oxygen atoms in total. The molecule has 0 bridgehead atoms. The summed E-state index contributed by atoms with van der Waals surface area (Å²) < 4.78 is 13.8. The number of halogens is 1. The van der Waals surface area contributed by atoms with Gasteiger partial charge < -0.3 is 5.32 Å². The van der Waals surface area contributed by atoms with E-state index in [2.05, 4.69) is 22.2 Å². The van der Waals surface area contributed by atoms with Gasteiger partial charge >= 0.3 is 0 Å². The van der Waals surface area contributed by atoms with Crippen LogP contribution in [0.2, 0.25) is 0 Å². The lowest BCUT2D eigenvalue weighted by molar-refractivity contribution is 0.0922. The van der Waals surface area contributed by atoms with Crippen molar-refractivity contribution in [3.05, 3.63) is 35.9 Å². The topological polar surface area (TPSA) is 54.9 Å². The van der Waals surface area contributed by atoms with Crippen molar-refractivity contribution in [1.29, 1.82) is 0 Å². The Morgan fingerprint density at radius 2 is 1.96 bits per heavy atom. The van der Waals surface area contributed by atoms with Gasteiger partial charge in [-0.05, 0) is 37.7 Å². The Bertz CT molecular complexity index is 711. The molecule has 1 fully saturated rings. The van der Waals surface area contributed by atoms with E-state index in [0.29, 0.717) is 11.0 Å². The van der Waals surface area contributed by atoms with Crippen molar-refractivity contribution in [3.63, 3.8) is 0 Å². The Morgan fingerprint density at radius 1 is 1.21 bits per heavy atom. The predicted molar refractivity (Wildman–Crippen MR) is 92.2 cm³/mol. The minimum Gasteiger partial charge on any atom is -0.349 e. The zero-order valence-electron chi connectivity index (χ0n) is 14.1. The zero-order chi connectivity index (χ0) is 16.9. The minimum atomic E-state index is -0.462. The van der Waals surface area contributed by atoms with Gasteiger partial charge in [-0.2, -0.15) is 0 Å². The Kier molecular flexibility index (Phi) is 5.38. The number of rotatable bonds is 5. The van der Waals surface area contributed by atoms with Crippen LogP contribution in [0.5, 0.6) is 0 Å². The van der Waals surface area contributed by atoms with Gasteiger partial charge in [-0.3, -0.25) is 14.8 Å². The van der Waals surface area contributed by atoms with Gasteiger partial charge in [0.25, 0.3) is 5.91 Å². The summed E-state index contributed by atoms with van der Waals surface area (Å²) in [6.07, 6.45) is 11.2. The number of unbranched alkanes of at least 4 members (excludes halogenated alkanes) is 1. The van der Waals surface area contributed by atoms with E-state index in [1.54, 1.807) is 0 Å². The normalized spacial score (nSPS) is 20.9. The largest absolute Gasteiger partial charge is 0.349 e. The lowest BCUT2D eigenvalue weighted by atomic mass is 9.83. The Hall–Kier alpha value is -2.04. The summed E-state index contributed by atoms with van der Waals surface area (Å²) in [4.78, 5) is 20.9. The number of aromatic nitrogens is 2. The molecular weight excluding hydrogens is 305 g/mol. The third-order valence-corrected chi connectivity index (χ3v) is 4.93. The van der Waals surface area contributed by atoms with Crippen molar-refractivity contribution in [2.75, 3.05) is 0 Å². The second kappa shape index (κ2) is 7.69. The summed E-state index contributed by atoms with van der Waals surface area (Å²) in [6.45, 7) is 2.22. The van der Waals surface area contributed by atoms with E-state index in [4.69, 9.17) is 0 Å².